The second-order valence-electron chi connectivity index (χ2n) is 15.3. The van der Waals surface area contributed by atoms with Crippen LogP contribution >= 0.6 is 0 Å². The third-order valence-electron chi connectivity index (χ3n) is 10.3. The summed E-state index contributed by atoms with van der Waals surface area (Å²) in [5, 5.41) is 15.2. The summed E-state index contributed by atoms with van der Waals surface area (Å²) in [6.07, 6.45) is 9.50. The Morgan fingerprint density at radius 3 is 2.63 bits per heavy atom. The third kappa shape index (κ3) is 8.93. The van der Waals surface area contributed by atoms with Crippen molar-refractivity contribution in [1.82, 2.24) is 30.1 Å². The standard InChI is InChI=1S/C41H55N9O2/c1-7-48(6)24-22-29-14-12-15-30(25-29)43-37(26-36(42)41(3,4)5)45-39(51)44-34-19-20-35(33-17-9-8-16-32(33)34)52-31-18-21-38-46-47-40(50(38)27-31)49-23-11-10-13-28(49)2/h8-9,12,14-18,21,25-28,34-35H,7,10-11,13,19-20,22-24,42H2,1-6H3,(H2,43,44,45,51)/b36-26-/t28-,34-,35+/m0/s1. The van der Waals surface area contributed by atoms with E-state index in [1.54, 1.807) is 6.08 Å². The number of benzene rings is 2. The smallest absolute Gasteiger partial charge is 0.320 e. The molecule has 1 saturated heterocycles. The van der Waals surface area contributed by atoms with Crippen LogP contribution in [0, 0.1) is 5.41 Å². The highest BCUT2D eigenvalue weighted by molar-refractivity contribution is 6.05. The van der Waals surface area contributed by atoms with Gasteiger partial charge >= 0.3 is 6.03 Å². The normalized spacial score (nSPS) is 19.8. The minimum Gasteiger partial charge on any atom is -0.484 e. The van der Waals surface area contributed by atoms with Gasteiger partial charge in [-0.15, -0.1) is 10.2 Å². The molecule has 2 amide bonds. The molecule has 2 aliphatic rings. The second kappa shape index (κ2) is 16.2. The van der Waals surface area contributed by atoms with Gasteiger partial charge in [-0.3, -0.25) is 9.72 Å². The molecule has 276 valence electrons. The van der Waals surface area contributed by atoms with Crippen molar-refractivity contribution in [2.45, 2.75) is 91.3 Å². The third-order valence-corrected chi connectivity index (χ3v) is 10.3. The molecule has 11 heteroatoms. The minimum absolute atomic E-state index is 0.167. The van der Waals surface area contributed by atoms with Crippen molar-refractivity contribution < 1.29 is 9.53 Å². The van der Waals surface area contributed by atoms with Crippen LogP contribution in [0.4, 0.5) is 16.4 Å². The number of hydrogen-bond acceptors (Lipinski definition) is 8. The number of anilines is 1. The summed E-state index contributed by atoms with van der Waals surface area (Å²) in [6, 6.07) is 20.1. The molecule has 52 heavy (non-hydrogen) atoms. The number of nitrogens with zero attached hydrogens (tertiary/aromatic N) is 6. The van der Waals surface area contributed by atoms with Crippen LogP contribution in [0.1, 0.15) is 95.6 Å². The topological polar surface area (TPSA) is 125 Å². The summed E-state index contributed by atoms with van der Waals surface area (Å²) in [7, 11) is 2.12. The van der Waals surface area contributed by atoms with Crippen LogP contribution in [0.25, 0.3) is 5.65 Å². The number of rotatable bonds is 10. The first kappa shape index (κ1) is 36.9. The fourth-order valence-electron chi connectivity index (χ4n) is 6.88. The van der Waals surface area contributed by atoms with E-state index in [0.29, 0.717) is 24.0 Å². The van der Waals surface area contributed by atoms with E-state index in [2.05, 4.69) is 75.8 Å². The monoisotopic (exact) mass is 705 g/mol. The van der Waals surface area contributed by atoms with E-state index in [1.807, 2.05) is 67.8 Å². The molecule has 3 atom stereocenters. The van der Waals surface area contributed by atoms with Gasteiger partial charge in [0.05, 0.1) is 17.9 Å². The molecule has 4 N–H and O–H groups in total. The molecule has 0 bridgehead atoms. The van der Waals surface area contributed by atoms with Gasteiger partial charge in [0.25, 0.3) is 0 Å². The zero-order valence-corrected chi connectivity index (χ0v) is 31.6. The maximum atomic E-state index is 13.7. The first-order valence-electron chi connectivity index (χ1n) is 18.8. The predicted molar refractivity (Wildman–Crippen MR) is 209 cm³/mol. The molecular weight excluding hydrogens is 651 g/mol. The molecule has 0 spiro atoms. The molecule has 2 aromatic carbocycles. The average molecular weight is 706 g/mol. The molecule has 1 aliphatic carbocycles. The maximum absolute atomic E-state index is 13.7. The van der Waals surface area contributed by atoms with Gasteiger partial charge in [0.2, 0.25) is 5.95 Å². The Kier molecular flexibility index (Phi) is 11.5. The average Bonchev–Trinajstić information content (AvgIpc) is 3.54. The number of carbonyl (C=O) groups is 1. The lowest BCUT2D eigenvalue weighted by molar-refractivity contribution is 0.171. The summed E-state index contributed by atoms with van der Waals surface area (Å²) in [4.78, 5) is 23.1. The van der Waals surface area contributed by atoms with Gasteiger partial charge in [0.15, 0.2) is 5.65 Å². The summed E-state index contributed by atoms with van der Waals surface area (Å²) in [5.74, 6) is 2.01. The number of aliphatic imine (C=N–C) groups is 1. The van der Waals surface area contributed by atoms with Crippen LogP contribution < -0.4 is 26.0 Å². The summed E-state index contributed by atoms with van der Waals surface area (Å²) < 4.78 is 8.71. The molecule has 4 aromatic rings. The predicted octanol–water partition coefficient (Wildman–Crippen LogP) is 7.48. The lowest BCUT2D eigenvalue weighted by Crippen LogP contribution is -2.42. The number of ether oxygens (including phenoxy) is 1. The Hall–Kier alpha value is -4.90. The number of nitrogens with one attached hydrogen (secondary N) is 2. The lowest BCUT2D eigenvalue weighted by Gasteiger charge is -2.33. The summed E-state index contributed by atoms with van der Waals surface area (Å²) >= 11 is 0. The van der Waals surface area contributed by atoms with E-state index in [4.69, 9.17) is 15.5 Å². The van der Waals surface area contributed by atoms with Crippen molar-refractivity contribution in [3.8, 4) is 5.75 Å². The number of aromatic nitrogens is 3. The highest BCUT2D eigenvalue weighted by Gasteiger charge is 2.30. The van der Waals surface area contributed by atoms with Gasteiger partial charge < -0.3 is 25.6 Å². The first-order chi connectivity index (χ1) is 25.0. The Morgan fingerprint density at radius 1 is 1.06 bits per heavy atom. The molecule has 6 rings (SSSR count). The van der Waals surface area contributed by atoms with E-state index in [9.17, 15) is 4.79 Å². The number of amides is 2. The number of amidine groups is 1. The van der Waals surface area contributed by atoms with Gasteiger partial charge in [-0.25, -0.2) is 9.79 Å². The van der Waals surface area contributed by atoms with Gasteiger partial charge in [-0.2, -0.15) is 0 Å². The Balaban J connectivity index is 1.18. The molecule has 0 unspecified atom stereocenters. The van der Waals surface area contributed by atoms with Crippen molar-refractivity contribution in [1.29, 1.82) is 0 Å². The molecule has 0 saturated carbocycles. The van der Waals surface area contributed by atoms with E-state index < -0.39 is 0 Å². The highest BCUT2D eigenvalue weighted by Crippen LogP contribution is 2.39. The van der Waals surface area contributed by atoms with Gasteiger partial charge in [-0.05, 0) is 100.0 Å². The van der Waals surface area contributed by atoms with Crippen LogP contribution in [0.2, 0.25) is 0 Å². The Morgan fingerprint density at radius 2 is 1.87 bits per heavy atom. The van der Waals surface area contributed by atoms with E-state index in [-0.39, 0.29) is 23.6 Å². The number of hydrogen-bond donors (Lipinski definition) is 3. The molecule has 3 heterocycles. The van der Waals surface area contributed by atoms with Gasteiger partial charge in [0, 0.05) is 36.3 Å². The van der Waals surface area contributed by atoms with Crippen molar-refractivity contribution in [3.05, 3.63) is 95.3 Å². The van der Waals surface area contributed by atoms with Crippen molar-refractivity contribution in [2.75, 3.05) is 31.6 Å². The molecule has 1 aliphatic heterocycles. The van der Waals surface area contributed by atoms with Crippen LogP contribution in [-0.4, -0.2) is 64.1 Å². The van der Waals surface area contributed by atoms with Gasteiger partial charge in [0.1, 0.15) is 17.7 Å². The Bertz CT molecular complexity index is 1910. The number of fused-ring (bicyclic) bond motifs is 2. The molecule has 2 aromatic heterocycles. The molecule has 1 fully saturated rings. The number of piperidine rings is 1. The van der Waals surface area contributed by atoms with Crippen molar-refractivity contribution in [2.24, 2.45) is 16.1 Å². The van der Waals surface area contributed by atoms with Crippen molar-refractivity contribution >= 4 is 29.1 Å². The lowest BCUT2D eigenvalue weighted by atomic mass is 9.85. The number of allylic oxidation sites excluding steroid dienone is 1. The fourth-order valence-corrected chi connectivity index (χ4v) is 6.88. The number of pyridine rings is 1. The summed E-state index contributed by atoms with van der Waals surface area (Å²) in [5.41, 5.74) is 11.7. The van der Waals surface area contributed by atoms with Crippen LogP contribution in [0.15, 0.2) is 83.6 Å². The Labute approximate surface area is 308 Å². The van der Waals surface area contributed by atoms with Crippen LogP contribution in [0.3, 0.4) is 0 Å². The quantitative estimate of drug-likeness (QED) is 0.115. The zero-order valence-electron chi connectivity index (χ0n) is 31.6. The minimum atomic E-state index is -0.339. The molecule has 11 nitrogen and oxygen atoms in total. The van der Waals surface area contributed by atoms with E-state index >= 15 is 0 Å². The maximum Gasteiger partial charge on any atom is 0.320 e. The highest BCUT2D eigenvalue weighted by atomic mass is 16.5. The number of carbonyl (C=O) groups excluding carboxylic acids is 1. The van der Waals surface area contributed by atoms with Crippen LogP contribution in [-0.2, 0) is 6.42 Å². The number of likely N-dealkylation sites (N-methyl/N-ethyl adjacent to an activating group) is 1. The number of nitrogens with two attached hydrogens (primary N) is 1. The van der Waals surface area contributed by atoms with Crippen LogP contribution in [0.5, 0.6) is 5.75 Å². The number of urea groups is 1. The summed E-state index contributed by atoms with van der Waals surface area (Å²) in [6.45, 7) is 13.5. The van der Waals surface area contributed by atoms with Crippen molar-refractivity contribution in [3.63, 3.8) is 0 Å². The molecular formula is C41H55N9O2. The van der Waals surface area contributed by atoms with Gasteiger partial charge in [-0.1, -0.05) is 64.1 Å². The SMILES string of the molecule is CCN(C)CCc1cccc(N=C(/C=C(\N)C(C)(C)C)NC(=O)N[C@H]2CC[C@@H](Oc3ccc4nnc(N5CCCC[C@@H]5C)n4c3)c3ccccc32)c1. The van der Waals surface area contributed by atoms with E-state index in [0.717, 1.165) is 79.5 Å². The molecule has 0 radical (unpaired) electrons. The second-order valence-corrected chi connectivity index (χ2v) is 15.3. The van der Waals surface area contributed by atoms with E-state index in [1.165, 1.54) is 12.0 Å². The zero-order chi connectivity index (χ0) is 36.8. The largest absolute Gasteiger partial charge is 0.484 e. The fraction of sp³-hybridized carbons (Fsp3) is 0.463. The first-order valence-corrected chi connectivity index (χ1v) is 18.8.